The van der Waals surface area contributed by atoms with Gasteiger partial charge in [0.25, 0.3) is 0 Å². The second-order valence-corrected chi connectivity index (χ2v) is 8.81. The molecule has 2 saturated heterocycles. The van der Waals surface area contributed by atoms with Crippen LogP contribution in [0.1, 0.15) is 6.42 Å². The molecule has 1 unspecified atom stereocenters. The summed E-state index contributed by atoms with van der Waals surface area (Å²) in [6.07, 6.45) is -17.5. The highest BCUT2D eigenvalue weighted by molar-refractivity contribution is 5.02. The lowest BCUT2D eigenvalue weighted by atomic mass is 9.84. The van der Waals surface area contributed by atoms with Crippen LogP contribution in [0.2, 0.25) is 0 Å². The first-order valence-corrected chi connectivity index (χ1v) is 11.5. The largest absolute Gasteiger partial charge is 0.394 e. The number of azide groups is 4. The number of ether oxygens (including phenoxy) is 4. The van der Waals surface area contributed by atoms with Gasteiger partial charge in [0.05, 0.1) is 49.7 Å². The number of nitrogens with zero attached hydrogens (tertiary/aromatic N) is 12. The predicted octanol–water partition coefficient (Wildman–Crippen LogP) is -1.25. The number of aliphatic hydroxyl groups excluding tert-OH is 6. The van der Waals surface area contributed by atoms with E-state index in [2.05, 4.69) is 40.1 Å². The summed E-state index contributed by atoms with van der Waals surface area (Å²) < 4.78 is 22.3. The highest BCUT2D eigenvalue weighted by Gasteiger charge is 2.53. The third-order valence-corrected chi connectivity index (χ3v) is 6.58. The van der Waals surface area contributed by atoms with Crippen molar-refractivity contribution >= 4 is 0 Å². The average molecular weight is 558 g/mol. The highest BCUT2D eigenvalue weighted by atomic mass is 16.8. The van der Waals surface area contributed by atoms with Gasteiger partial charge in [-0.2, -0.15) is 0 Å². The van der Waals surface area contributed by atoms with Crippen LogP contribution in [-0.2, 0) is 18.9 Å². The Morgan fingerprint density at radius 2 is 1.23 bits per heavy atom. The van der Waals surface area contributed by atoms with Crippen molar-refractivity contribution in [2.24, 2.45) is 20.5 Å². The molecule has 0 bridgehead atoms. The van der Waals surface area contributed by atoms with Crippen molar-refractivity contribution in [2.45, 2.75) is 92.1 Å². The van der Waals surface area contributed by atoms with Gasteiger partial charge in [0.1, 0.15) is 36.6 Å². The van der Waals surface area contributed by atoms with E-state index in [1.165, 1.54) is 0 Å². The smallest absolute Gasteiger partial charge is 0.187 e. The average Bonchev–Trinajstić information content (AvgIpc) is 3.22. The maximum Gasteiger partial charge on any atom is 0.187 e. The molecule has 2 heterocycles. The Hall–Kier alpha value is -3.16. The fourth-order valence-electron chi connectivity index (χ4n) is 4.61. The molecule has 22 nitrogen and oxygen atoms in total. The Bertz CT molecular complexity index is 1020. The van der Waals surface area contributed by atoms with E-state index in [0.29, 0.717) is 0 Å². The molecule has 0 aromatic rings. The maximum atomic E-state index is 10.9. The van der Waals surface area contributed by atoms with Crippen LogP contribution in [0.25, 0.3) is 41.8 Å². The Morgan fingerprint density at radius 1 is 0.667 bits per heavy atom. The zero-order chi connectivity index (χ0) is 28.7. The van der Waals surface area contributed by atoms with E-state index < -0.39 is 98.8 Å². The Kier molecular flexibility index (Phi) is 10.7. The molecule has 0 radical (unpaired) electrons. The van der Waals surface area contributed by atoms with Crippen molar-refractivity contribution in [2.75, 3.05) is 13.2 Å². The van der Waals surface area contributed by atoms with E-state index in [-0.39, 0.29) is 6.42 Å². The first-order chi connectivity index (χ1) is 18.7. The molecule has 39 heavy (non-hydrogen) atoms. The SMILES string of the molecule is [N-]=[N+]=NC[C@@H]1O[C@H](O[C@H]2[C@@H](O)[C@H](OC3[C@@H](O)[C@H](N=[N+]=[N-])C[C@H](N=[N+]=[N-])[C@H]3O)O[C@@H]2CO)[C@H](N=[N+]=[N-])[C@@H](O)[C@@H]1O. The molecule has 14 atom stereocenters. The molecule has 1 aliphatic carbocycles. The van der Waals surface area contributed by atoms with Crippen molar-refractivity contribution in [3.8, 4) is 0 Å². The number of hydrogen-bond donors (Lipinski definition) is 6. The van der Waals surface area contributed by atoms with Crippen LogP contribution in [0.4, 0.5) is 0 Å². The van der Waals surface area contributed by atoms with E-state index >= 15 is 0 Å². The quantitative estimate of drug-likeness (QED) is 0.105. The minimum atomic E-state index is -1.76. The molecule has 1 saturated carbocycles. The minimum absolute atomic E-state index is 0.194. The molecule has 3 fully saturated rings. The van der Waals surface area contributed by atoms with Gasteiger partial charge in [-0.1, -0.05) is 20.5 Å². The molecule has 3 rings (SSSR count). The van der Waals surface area contributed by atoms with Crippen molar-refractivity contribution in [3.63, 3.8) is 0 Å². The van der Waals surface area contributed by atoms with Gasteiger partial charge in [-0.3, -0.25) is 0 Å². The third kappa shape index (κ3) is 6.53. The maximum absolute atomic E-state index is 10.9. The van der Waals surface area contributed by atoms with Gasteiger partial charge in [-0.05, 0) is 28.5 Å². The molecule has 0 aromatic carbocycles. The van der Waals surface area contributed by atoms with Crippen LogP contribution in [-0.4, -0.2) is 129 Å². The highest BCUT2D eigenvalue weighted by Crippen LogP contribution is 2.34. The third-order valence-electron chi connectivity index (χ3n) is 6.58. The molecule has 22 heteroatoms. The lowest BCUT2D eigenvalue weighted by Crippen LogP contribution is -2.60. The summed E-state index contributed by atoms with van der Waals surface area (Å²) in [5, 5.41) is 76.1. The van der Waals surface area contributed by atoms with Crippen LogP contribution >= 0.6 is 0 Å². The van der Waals surface area contributed by atoms with E-state index in [0.717, 1.165) is 0 Å². The number of aliphatic hydroxyl groups is 6. The zero-order valence-corrected chi connectivity index (χ0v) is 19.9. The fourth-order valence-corrected chi connectivity index (χ4v) is 4.61. The van der Waals surface area contributed by atoms with Gasteiger partial charge < -0.3 is 49.6 Å². The summed E-state index contributed by atoms with van der Waals surface area (Å²) in [6.45, 7) is -1.20. The summed E-state index contributed by atoms with van der Waals surface area (Å²) in [7, 11) is 0. The first kappa shape index (κ1) is 30.4. The Labute approximate surface area is 217 Å². The molecule has 3 aliphatic rings. The van der Waals surface area contributed by atoms with E-state index in [1.807, 2.05) is 0 Å². The summed E-state index contributed by atoms with van der Waals surface area (Å²) >= 11 is 0. The van der Waals surface area contributed by atoms with Gasteiger partial charge in [-0.15, -0.1) is 0 Å². The lowest BCUT2D eigenvalue weighted by Gasteiger charge is -2.42. The molecule has 6 N–H and O–H groups in total. The summed E-state index contributed by atoms with van der Waals surface area (Å²) in [6, 6.07) is -3.88. The first-order valence-electron chi connectivity index (χ1n) is 11.5. The predicted molar refractivity (Wildman–Crippen MR) is 122 cm³/mol. The summed E-state index contributed by atoms with van der Waals surface area (Å²) in [5.74, 6) is 0. The summed E-state index contributed by atoms with van der Waals surface area (Å²) in [5.41, 5.74) is 35.0. The van der Waals surface area contributed by atoms with E-state index in [1.54, 1.807) is 0 Å². The molecular formula is C17H26N12O10. The van der Waals surface area contributed by atoms with Gasteiger partial charge >= 0.3 is 0 Å². The van der Waals surface area contributed by atoms with Crippen LogP contribution in [0.3, 0.4) is 0 Å². The molecule has 214 valence electrons. The molecule has 2 aliphatic heterocycles. The topological polar surface area (TPSA) is 353 Å². The Morgan fingerprint density at radius 3 is 1.77 bits per heavy atom. The molecular weight excluding hydrogens is 532 g/mol. The van der Waals surface area contributed by atoms with Crippen molar-refractivity contribution < 1.29 is 49.6 Å². The van der Waals surface area contributed by atoms with E-state index in [4.69, 9.17) is 41.1 Å². The van der Waals surface area contributed by atoms with E-state index in [9.17, 15) is 30.6 Å². The molecule has 0 aromatic heterocycles. The fraction of sp³-hybridized carbons (Fsp3) is 1.00. The van der Waals surface area contributed by atoms with Crippen molar-refractivity contribution in [1.82, 2.24) is 0 Å². The normalized spacial score (nSPS) is 43.7. The van der Waals surface area contributed by atoms with Crippen LogP contribution in [0.15, 0.2) is 20.5 Å². The molecule has 0 spiro atoms. The summed E-state index contributed by atoms with van der Waals surface area (Å²) in [4.78, 5) is 10.4. The van der Waals surface area contributed by atoms with Gasteiger partial charge in [-0.25, -0.2) is 0 Å². The lowest BCUT2D eigenvalue weighted by molar-refractivity contribution is -0.280. The number of rotatable bonds is 10. The van der Waals surface area contributed by atoms with Crippen LogP contribution in [0.5, 0.6) is 0 Å². The molecule has 0 amide bonds. The Balaban J connectivity index is 1.81. The van der Waals surface area contributed by atoms with Crippen molar-refractivity contribution in [3.05, 3.63) is 41.8 Å². The van der Waals surface area contributed by atoms with Gasteiger partial charge in [0, 0.05) is 19.6 Å². The monoisotopic (exact) mass is 558 g/mol. The number of hydrogen-bond acceptors (Lipinski definition) is 14. The van der Waals surface area contributed by atoms with Crippen molar-refractivity contribution in [1.29, 1.82) is 0 Å². The van der Waals surface area contributed by atoms with Crippen LogP contribution in [0, 0.1) is 0 Å². The standard InChI is InChI=1S/C17H26N12O10/c18-26-22-2-6-11(33)12(34)8(25-29-21)16(36-6)38-14-7(3-30)37-17(13(14)35)39-15-9(31)4(23-27-19)1-5(10(15)32)24-28-20/h4-17,30-35H,1-3H2/t4-,5+,6-,7+,8+,9+,10-,11+,12+,13+,14+,15?,16+,17-/m0/s1. The van der Waals surface area contributed by atoms with Gasteiger partial charge in [0.2, 0.25) is 0 Å². The second kappa shape index (κ2) is 13.8. The second-order valence-electron chi connectivity index (χ2n) is 8.81. The van der Waals surface area contributed by atoms with Crippen LogP contribution < -0.4 is 0 Å². The van der Waals surface area contributed by atoms with Gasteiger partial charge in [0.15, 0.2) is 12.6 Å². The minimum Gasteiger partial charge on any atom is -0.394 e. The zero-order valence-electron chi connectivity index (χ0n) is 19.9.